The summed E-state index contributed by atoms with van der Waals surface area (Å²) < 4.78 is 0. The van der Waals surface area contributed by atoms with Crippen LogP contribution in [-0.4, -0.2) is 28.8 Å². The second kappa shape index (κ2) is 12.4. The van der Waals surface area contributed by atoms with Gasteiger partial charge in [0.25, 0.3) is 0 Å². The zero-order chi connectivity index (χ0) is 25.5. The Morgan fingerprint density at radius 3 is 2.06 bits per heavy atom. The molecule has 4 rings (SSSR count). The van der Waals surface area contributed by atoms with Gasteiger partial charge in [0.15, 0.2) is 0 Å². The fourth-order valence-corrected chi connectivity index (χ4v) is 5.37. The second-order valence-corrected chi connectivity index (χ2v) is 10.3. The van der Waals surface area contributed by atoms with Crippen LogP contribution in [0.1, 0.15) is 61.6 Å². The van der Waals surface area contributed by atoms with Gasteiger partial charge in [-0.25, -0.2) is 0 Å². The number of halogens is 2. The van der Waals surface area contributed by atoms with Gasteiger partial charge < -0.3 is 10.2 Å². The van der Waals surface area contributed by atoms with E-state index in [2.05, 4.69) is 5.32 Å². The number of nitrogens with zero attached hydrogens (tertiary/aromatic N) is 1. The topological polar surface area (TPSA) is 49.4 Å². The molecular formula is C30H32Cl2N2O2. The van der Waals surface area contributed by atoms with Crippen LogP contribution in [0.4, 0.5) is 0 Å². The molecule has 1 fully saturated rings. The minimum Gasteiger partial charge on any atom is -0.352 e. The van der Waals surface area contributed by atoms with Crippen molar-refractivity contribution in [2.45, 2.75) is 63.6 Å². The monoisotopic (exact) mass is 522 g/mol. The van der Waals surface area contributed by atoms with Gasteiger partial charge in [0.05, 0.1) is 0 Å². The molecule has 1 atom stereocenters. The van der Waals surface area contributed by atoms with Crippen LogP contribution >= 0.6 is 23.2 Å². The van der Waals surface area contributed by atoms with Gasteiger partial charge in [-0.05, 0) is 48.6 Å². The Kier molecular flexibility index (Phi) is 9.06. The molecule has 1 saturated carbocycles. The number of benzene rings is 3. The Bertz CT molecular complexity index is 1120. The van der Waals surface area contributed by atoms with Gasteiger partial charge in [0, 0.05) is 35.0 Å². The van der Waals surface area contributed by atoms with Crippen molar-refractivity contribution in [1.82, 2.24) is 10.2 Å². The lowest BCUT2D eigenvalue weighted by Gasteiger charge is -2.31. The molecule has 3 aromatic rings. The maximum atomic E-state index is 13.9. The van der Waals surface area contributed by atoms with E-state index >= 15 is 0 Å². The van der Waals surface area contributed by atoms with Crippen LogP contribution in [0.15, 0.2) is 78.9 Å². The zero-order valence-electron chi connectivity index (χ0n) is 20.5. The van der Waals surface area contributed by atoms with Crippen LogP contribution in [-0.2, 0) is 16.1 Å². The fourth-order valence-electron chi connectivity index (χ4n) is 4.90. The minimum absolute atomic E-state index is 0.104. The molecule has 0 bridgehead atoms. The molecule has 6 heteroatoms. The number of hydrogen-bond donors (Lipinski definition) is 1. The van der Waals surface area contributed by atoms with Crippen molar-refractivity contribution in [3.8, 4) is 0 Å². The minimum atomic E-state index is -0.642. The predicted octanol–water partition coefficient (Wildman–Crippen LogP) is 6.99. The first-order chi connectivity index (χ1) is 17.4. The SMILES string of the molecule is C[C@@H](C(=O)NC1CCCC1)N(Cc1ccc(Cl)cc1Cl)C(=O)CC(c1ccccc1)c1ccccc1. The summed E-state index contributed by atoms with van der Waals surface area (Å²) in [5, 5.41) is 4.16. The molecule has 1 aliphatic carbocycles. The van der Waals surface area contributed by atoms with Crippen LogP contribution in [0.25, 0.3) is 0 Å². The molecule has 1 N–H and O–H groups in total. The summed E-state index contributed by atoms with van der Waals surface area (Å²) >= 11 is 12.6. The van der Waals surface area contributed by atoms with Crippen LogP contribution < -0.4 is 5.32 Å². The quantitative estimate of drug-likeness (QED) is 0.329. The van der Waals surface area contributed by atoms with E-state index in [0.717, 1.165) is 42.4 Å². The van der Waals surface area contributed by atoms with Crippen molar-refractivity contribution in [3.05, 3.63) is 106 Å². The van der Waals surface area contributed by atoms with Gasteiger partial charge in [-0.2, -0.15) is 0 Å². The normalized spacial score (nSPS) is 14.6. The van der Waals surface area contributed by atoms with E-state index in [1.54, 1.807) is 24.0 Å². The highest BCUT2D eigenvalue weighted by atomic mass is 35.5. The molecule has 2 amide bonds. The Hall–Kier alpha value is -2.82. The van der Waals surface area contributed by atoms with E-state index in [4.69, 9.17) is 23.2 Å². The Balaban J connectivity index is 1.62. The van der Waals surface area contributed by atoms with Crippen LogP contribution in [0.3, 0.4) is 0 Å². The fraction of sp³-hybridized carbons (Fsp3) is 0.333. The number of nitrogens with one attached hydrogen (secondary N) is 1. The molecule has 0 aliphatic heterocycles. The molecule has 0 heterocycles. The summed E-state index contributed by atoms with van der Waals surface area (Å²) in [5.74, 6) is -0.364. The molecular weight excluding hydrogens is 491 g/mol. The summed E-state index contributed by atoms with van der Waals surface area (Å²) in [5.41, 5.74) is 2.88. The number of carbonyl (C=O) groups excluding carboxylic acids is 2. The summed E-state index contributed by atoms with van der Waals surface area (Å²) in [6, 6.07) is 24.8. The molecule has 0 unspecified atom stereocenters. The molecule has 0 saturated heterocycles. The lowest BCUT2D eigenvalue weighted by molar-refractivity contribution is -0.141. The van der Waals surface area contributed by atoms with Gasteiger partial charge in [0.2, 0.25) is 11.8 Å². The van der Waals surface area contributed by atoms with Crippen LogP contribution in [0.2, 0.25) is 10.0 Å². The summed E-state index contributed by atoms with van der Waals surface area (Å²) in [6.07, 6.45) is 4.45. The lowest BCUT2D eigenvalue weighted by atomic mass is 9.88. The largest absolute Gasteiger partial charge is 0.352 e. The maximum absolute atomic E-state index is 13.9. The Morgan fingerprint density at radius 1 is 0.917 bits per heavy atom. The van der Waals surface area contributed by atoms with E-state index in [1.807, 2.05) is 66.7 Å². The first kappa shape index (κ1) is 26.2. The average Bonchev–Trinajstić information content (AvgIpc) is 3.40. The predicted molar refractivity (Wildman–Crippen MR) is 146 cm³/mol. The van der Waals surface area contributed by atoms with E-state index in [-0.39, 0.29) is 36.7 Å². The molecule has 4 nitrogen and oxygen atoms in total. The summed E-state index contributed by atoms with van der Waals surface area (Å²) in [4.78, 5) is 28.8. The van der Waals surface area contributed by atoms with Crippen molar-refractivity contribution >= 4 is 35.0 Å². The van der Waals surface area contributed by atoms with E-state index in [1.165, 1.54) is 0 Å². The molecule has 0 aromatic heterocycles. The third kappa shape index (κ3) is 6.68. The van der Waals surface area contributed by atoms with Crippen LogP contribution in [0.5, 0.6) is 0 Å². The summed E-state index contributed by atoms with van der Waals surface area (Å²) in [7, 11) is 0. The van der Waals surface area contributed by atoms with Gasteiger partial charge in [-0.3, -0.25) is 9.59 Å². The molecule has 188 valence electrons. The summed E-state index contributed by atoms with van der Waals surface area (Å²) in [6.45, 7) is 2.02. The molecule has 1 aliphatic rings. The first-order valence-electron chi connectivity index (χ1n) is 12.6. The highest BCUT2D eigenvalue weighted by molar-refractivity contribution is 6.35. The third-order valence-corrected chi connectivity index (χ3v) is 7.59. The van der Waals surface area contributed by atoms with E-state index in [0.29, 0.717) is 10.0 Å². The third-order valence-electron chi connectivity index (χ3n) is 7.01. The second-order valence-electron chi connectivity index (χ2n) is 9.50. The zero-order valence-corrected chi connectivity index (χ0v) is 22.0. The van der Waals surface area contributed by atoms with Crippen molar-refractivity contribution in [3.63, 3.8) is 0 Å². The van der Waals surface area contributed by atoms with Gasteiger partial charge in [-0.15, -0.1) is 0 Å². The number of carbonyl (C=O) groups is 2. The van der Waals surface area contributed by atoms with Crippen molar-refractivity contribution in [2.75, 3.05) is 0 Å². The van der Waals surface area contributed by atoms with Gasteiger partial charge >= 0.3 is 0 Å². The van der Waals surface area contributed by atoms with Crippen molar-refractivity contribution in [2.24, 2.45) is 0 Å². The van der Waals surface area contributed by atoms with Crippen LogP contribution in [0, 0.1) is 0 Å². The van der Waals surface area contributed by atoms with E-state index in [9.17, 15) is 9.59 Å². The van der Waals surface area contributed by atoms with Crippen molar-refractivity contribution < 1.29 is 9.59 Å². The number of rotatable bonds is 9. The standard InChI is InChI=1S/C30H32Cl2N2O2/c1-21(30(36)33-26-14-8-9-15-26)34(20-24-16-17-25(31)18-28(24)32)29(35)19-27(22-10-4-2-5-11-22)23-12-6-3-7-13-23/h2-7,10-13,16-18,21,26-27H,8-9,14-15,19-20H2,1H3,(H,33,36)/t21-/m0/s1. The Morgan fingerprint density at radius 2 is 1.50 bits per heavy atom. The lowest BCUT2D eigenvalue weighted by Crippen LogP contribution is -2.49. The molecule has 3 aromatic carbocycles. The molecule has 0 spiro atoms. The molecule has 0 radical (unpaired) electrons. The highest BCUT2D eigenvalue weighted by Gasteiger charge is 2.31. The average molecular weight is 524 g/mol. The van der Waals surface area contributed by atoms with Crippen molar-refractivity contribution in [1.29, 1.82) is 0 Å². The smallest absolute Gasteiger partial charge is 0.242 e. The highest BCUT2D eigenvalue weighted by Crippen LogP contribution is 2.30. The number of hydrogen-bond acceptors (Lipinski definition) is 2. The van der Waals surface area contributed by atoms with E-state index < -0.39 is 6.04 Å². The first-order valence-corrected chi connectivity index (χ1v) is 13.3. The van der Waals surface area contributed by atoms with Gasteiger partial charge in [0.1, 0.15) is 6.04 Å². The number of amides is 2. The van der Waals surface area contributed by atoms with Gasteiger partial charge in [-0.1, -0.05) is 103 Å². The molecule has 36 heavy (non-hydrogen) atoms. The maximum Gasteiger partial charge on any atom is 0.242 e. The Labute approximate surface area is 223 Å².